The molecule has 0 aliphatic heterocycles. The van der Waals surface area contributed by atoms with Crippen LogP contribution in [0.1, 0.15) is 44.1 Å². The Morgan fingerprint density at radius 3 is 2.29 bits per heavy atom. The Hall–Kier alpha value is -1.34. The number of carboxylic acid groups (broad SMARTS) is 1. The van der Waals surface area contributed by atoms with Gasteiger partial charge in [-0.2, -0.15) is 4.31 Å². The summed E-state index contributed by atoms with van der Waals surface area (Å²) in [6.45, 7) is 6.71. The highest BCUT2D eigenvalue weighted by Gasteiger charge is 2.27. The molecular weight excluding hydrogens is 292 g/mol. The van der Waals surface area contributed by atoms with Gasteiger partial charge in [0, 0.05) is 26.3 Å². The maximum atomic E-state index is 12.6. The Balaban J connectivity index is 3.13. The fraction of sp³-hybridized carbons (Fsp3) is 0.643. The number of hydrogen-bond acceptors (Lipinski definition) is 3. The van der Waals surface area contributed by atoms with Crippen molar-refractivity contribution in [3.63, 3.8) is 0 Å². The summed E-state index contributed by atoms with van der Waals surface area (Å²) in [4.78, 5) is 11.1. The zero-order valence-electron chi connectivity index (χ0n) is 13.0. The van der Waals surface area contributed by atoms with Crippen LogP contribution in [0, 0.1) is 5.92 Å². The summed E-state index contributed by atoms with van der Waals surface area (Å²) in [5, 5.41) is 9.03. The third-order valence-electron chi connectivity index (χ3n) is 3.81. The number of aryl methyl sites for hydroxylation is 1. The van der Waals surface area contributed by atoms with Crippen molar-refractivity contribution in [1.29, 1.82) is 0 Å². The van der Waals surface area contributed by atoms with Crippen LogP contribution in [0.25, 0.3) is 0 Å². The monoisotopic (exact) mass is 316 g/mol. The van der Waals surface area contributed by atoms with Gasteiger partial charge in [0.25, 0.3) is 0 Å². The first-order valence-electron chi connectivity index (χ1n) is 7.17. The van der Waals surface area contributed by atoms with Crippen molar-refractivity contribution in [2.24, 2.45) is 13.0 Å². The second-order valence-corrected chi connectivity index (χ2v) is 7.05. The molecule has 0 atom stereocenters. The highest BCUT2D eigenvalue weighted by molar-refractivity contribution is 7.89. The summed E-state index contributed by atoms with van der Waals surface area (Å²) in [5.74, 6) is -0.829. The standard InChI is InChI=1S/C14H24N2O4S/c1-5-11(6-2)9-16(7-3)21(19,20)12-8-13(14(17)18)15(4)10-12/h8,10-11H,5-7,9H2,1-4H3,(H,17,18). The fourth-order valence-electron chi connectivity index (χ4n) is 2.27. The van der Waals surface area contributed by atoms with Crippen molar-refractivity contribution in [2.45, 2.75) is 38.5 Å². The molecule has 120 valence electrons. The van der Waals surface area contributed by atoms with E-state index in [2.05, 4.69) is 0 Å². The van der Waals surface area contributed by atoms with Gasteiger partial charge in [0.2, 0.25) is 10.0 Å². The predicted octanol–water partition coefficient (Wildman–Crippen LogP) is 2.17. The summed E-state index contributed by atoms with van der Waals surface area (Å²) >= 11 is 0. The molecule has 0 saturated carbocycles. The van der Waals surface area contributed by atoms with E-state index in [0.717, 1.165) is 12.8 Å². The Morgan fingerprint density at radius 1 is 1.33 bits per heavy atom. The van der Waals surface area contributed by atoms with Gasteiger partial charge in [-0.25, -0.2) is 13.2 Å². The summed E-state index contributed by atoms with van der Waals surface area (Å²) < 4.78 is 28.0. The van der Waals surface area contributed by atoms with Gasteiger partial charge in [0.15, 0.2) is 0 Å². The molecule has 1 N–H and O–H groups in total. The molecule has 0 aliphatic carbocycles. The van der Waals surface area contributed by atoms with Gasteiger partial charge in [-0.1, -0.05) is 33.6 Å². The third-order valence-corrected chi connectivity index (χ3v) is 5.71. The SMILES string of the molecule is CCC(CC)CN(CC)S(=O)(=O)c1cc(C(=O)O)n(C)c1. The quantitative estimate of drug-likeness (QED) is 0.797. The van der Waals surface area contributed by atoms with Crippen LogP contribution in [0.5, 0.6) is 0 Å². The van der Waals surface area contributed by atoms with Crippen molar-refractivity contribution in [3.05, 3.63) is 18.0 Å². The van der Waals surface area contributed by atoms with Gasteiger partial charge in [0.05, 0.1) is 0 Å². The summed E-state index contributed by atoms with van der Waals surface area (Å²) in [6.07, 6.45) is 3.18. The molecule has 0 aliphatic rings. The molecule has 21 heavy (non-hydrogen) atoms. The number of rotatable bonds is 8. The van der Waals surface area contributed by atoms with Gasteiger partial charge >= 0.3 is 5.97 Å². The predicted molar refractivity (Wildman–Crippen MR) is 80.9 cm³/mol. The molecule has 6 nitrogen and oxygen atoms in total. The maximum Gasteiger partial charge on any atom is 0.352 e. The van der Waals surface area contributed by atoms with Crippen LogP contribution in [-0.2, 0) is 17.1 Å². The molecule has 0 radical (unpaired) electrons. The molecule has 1 rings (SSSR count). The minimum Gasteiger partial charge on any atom is -0.477 e. The number of aromatic carboxylic acids is 1. The normalized spacial score (nSPS) is 12.3. The van der Waals surface area contributed by atoms with Crippen LogP contribution in [-0.4, -0.2) is 41.5 Å². The highest BCUT2D eigenvalue weighted by atomic mass is 32.2. The summed E-state index contributed by atoms with van der Waals surface area (Å²) in [7, 11) is -2.12. The molecule has 0 amide bonds. The average molecular weight is 316 g/mol. The fourth-order valence-corrected chi connectivity index (χ4v) is 3.87. The zero-order valence-corrected chi connectivity index (χ0v) is 13.9. The van der Waals surface area contributed by atoms with E-state index in [1.807, 2.05) is 13.8 Å². The van der Waals surface area contributed by atoms with E-state index < -0.39 is 16.0 Å². The third kappa shape index (κ3) is 3.85. The molecule has 1 aromatic rings. The second kappa shape index (κ2) is 7.09. The van der Waals surface area contributed by atoms with Gasteiger partial charge in [-0.05, 0) is 12.0 Å². The Labute approximate surface area is 126 Å². The maximum absolute atomic E-state index is 12.6. The van der Waals surface area contributed by atoms with Crippen molar-refractivity contribution in [3.8, 4) is 0 Å². The van der Waals surface area contributed by atoms with Crippen LogP contribution in [0.4, 0.5) is 0 Å². The lowest BCUT2D eigenvalue weighted by Crippen LogP contribution is -2.35. The van der Waals surface area contributed by atoms with Gasteiger partial charge in [0.1, 0.15) is 10.6 Å². The molecule has 0 bridgehead atoms. The smallest absolute Gasteiger partial charge is 0.352 e. The van der Waals surface area contributed by atoms with Crippen LogP contribution in [0.3, 0.4) is 0 Å². The first-order valence-corrected chi connectivity index (χ1v) is 8.61. The van der Waals surface area contributed by atoms with Gasteiger partial charge < -0.3 is 9.67 Å². The summed E-state index contributed by atoms with van der Waals surface area (Å²) in [5.41, 5.74) is -0.0350. The second-order valence-electron chi connectivity index (χ2n) is 5.12. The molecule has 0 fully saturated rings. The molecule has 1 heterocycles. The lowest BCUT2D eigenvalue weighted by molar-refractivity contribution is 0.0686. The number of carboxylic acids is 1. The average Bonchev–Trinajstić information content (AvgIpc) is 2.83. The molecule has 0 saturated heterocycles. The Morgan fingerprint density at radius 2 is 1.90 bits per heavy atom. The Bertz CT molecular complexity index is 588. The minimum atomic E-state index is -3.65. The summed E-state index contributed by atoms with van der Waals surface area (Å²) in [6, 6.07) is 1.22. The highest BCUT2D eigenvalue weighted by Crippen LogP contribution is 2.21. The number of nitrogens with zero attached hydrogens (tertiary/aromatic N) is 2. The number of sulfonamides is 1. The largest absolute Gasteiger partial charge is 0.477 e. The first-order chi connectivity index (χ1) is 9.77. The minimum absolute atomic E-state index is 0.0350. The molecule has 7 heteroatoms. The lowest BCUT2D eigenvalue weighted by atomic mass is 10.0. The first kappa shape index (κ1) is 17.7. The van der Waals surface area contributed by atoms with E-state index in [-0.39, 0.29) is 10.6 Å². The van der Waals surface area contributed by atoms with Crippen molar-refractivity contribution in [1.82, 2.24) is 8.87 Å². The Kier molecular flexibility index (Phi) is 5.98. The van der Waals surface area contributed by atoms with E-state index in [9.17, 15) is 13.2 Å². The number of hydrogen-bond donors (Lipinski definition) is 1. The molecular formula is C14H24N2O4S. The molecule has 0 aromatic carbocycles. The number of carbonyl (C=O) groups is 1. The number of aromatic nitrogens is 1. The van der Waals surface area contributed by atoms with E-state index in [1.165, 1.54) is 28.2 Å². The van der Waals surface area contributed by atoms with Gasteiger partial charge in [-0.3, -0.25) is 0 Å². The van der Waals surface area contributed by atoms with E-state index in [0.29, 0.717) is 19.0 Å². The van der Waals surface area contributed by atoms with Crippen molar-refractivity contribution < 1.29 is 18.3 Å². The molecule has 0 unspecified atom stereocenters. The van der Waals surface area contributed by atoms with E-state index >= 15 is 0 Å². The van der Waals surface area contributed by atoms with Crippen molar-refractivity contribution >= 4 is 16.0 Å². The van der Waals surface area contributed by atoms with Crippen molar-refractivity contribution in [2.75, 3.05) is 13.1 Å². The van der Waals surface area contributed by atoms with Crippen LogP contribution >= 0.6 is 0 Å². The van der Waals surface area contributed by atoms with Gasteiger partial charge in [-0.15, -0.1) is 0 Å². The zero-order chi connectivity index (χ0) is 16.2. The van der Waals surface area contributed by atoms with Crippen LogP contribution in [0.2, 0.25) is 0 Å². The van der Waals surface area contributed by atoms with Crippen LogP contribution < -0.4 is 0 Å². The molecule has 1 aromatic heterocycles. The topological polar surface area (TPSA) is 79.6 Å². The van der Waals surface area contributed by atoms with E-state index in [4.69, 9.17) is 5.11 Å². The lowest BCUT2D eigenvalue weighted by Gasteiger charge is -2.24. The van der Waals surface area contributed by atoms with E-state index in [1.54, 1.807) is 6.92 Å². The van der Waals surface area contributed by atoms with Crippen LogP contribution in [0.15, 0.2) is 17.2 Å². The molecule has 0 spiro atoms.